The number of carbonyl (C=O) groups is 2. The van der Waals surface area contributed by atoms with Crippen molar-refractivity contribution in [1.82, 2.24) is 4.90 Å². The molecule has 0 radical (unpaired) electrons. The van der Waals surface area contributed by atoms with E-state index in [2.05, 4.69) is 24.1 Å². The Morgan fingerprint density at radius 2 is 1.81 bits per heavy atom. The van der Waals surface area contributed by atoms with Gasteiger partial charge in [0.15, 0.2) is 0 Å². The third-order valence-corrected chi connectivity index (χ3v) is 7.48. The van der Waals surface area contributed by atoms with Crippen molar-refractivity contribution in [2.45, 2.75) is 77.5 Å². The Hall–Kier alpha value is -3.39. The maximum atomic E-state index is 13.7. The molecule has 0 aromatic heterocycles. The molecule has 2 aliphatic heterocycles. The number of likely N-dealkylation sites (tertiary alicyclic amines) is 1. The maximum absolute atomic E-state index is 13.7. The van der Waals surface area contributed by atoms with Gasteiger partial charge in [0.2, 0.25) is 12.0 Å². The number of amidine groups is 1. The van der Waals surface area contributed by atoms with Crippen LogP contribution >= 0.6 is 0 Å². The molecule has 1 saturated heterocycles. The summed E-state index contributed by atoms with van der Waals surface area (Å²) in [5.41, 5.74) is 8.17. The number of anilines is 2. The number of carbonyl (C=O) groups excluding carboxylic acids is 2. The van der Waals surface area contributed by atoms with Gasteiger partial charge in [0.25, 0.3) is 5.91 Å². The van der Waals surface area contributed by atoms with Gasteiger partial charge in [-0.15, -0.1) is 0 Å². The van der Waals surface area contributed by atoms with E-state index >= 15 is 0 Å². The van der Waals surface area contributed by atoms with Crippen molar-refractivity contribution < 1.29 is 14.3 Å². The second kappa shape index (κ2) is 11.8. The van der Waals surface area contributed by atoms with E-state index in [1.807, 2.05) is 6.07 Å². The summed E-state index contributed by atoms with van der Waals surface area (Å²) in [5, 5.41) is 10.6. The van der Waals surface area contributed by atoms with Crippen molar-refractivity contribution >= 4 is 29.0 Å². The average molecular weight is 506 g/mol. The quantitative estimate of drug-likeness (QED) is 0.257. The smallest absolute Gasteiger partial charge is 0.272 e. The largest absolute Gasteiger partial charge is 0.474 e. The van der Waals surface area contributed by atoms with Crippen molar-refractivity contribution in [2.24, 2.45) is 5.73 Å². The number of nitrogens with one attached hydrogen (secondary N) is 2. The van der Waals surface area contributed by atoms with E-state index < -0.39 is 6.10 Å². The molecular weight excluding hydrogens is 466 g/mol. The molecule has 8 nitrogen and oxygen atoms in total. The molecule has 3 unspecified atom stereocenters. The molecule has 0 aliphatic carbocycles. The van der Waals surface area contributed by atoms with Crippen LogP contribution in [0.1, 0.15) is 76.5 Å². The van der Waals surface area contributed by atoms with Crippen molar-refractivity contribution in [3.63, 3.8) is 0 Å². The van der Waals surface area contributed by atoms with Gasteiger partial charge in [-0.25, -0.2) is 0 Å². The van der Waals surface area contributed by atoms with Crippen LogP contribution in [0.5, 0.6) is 5.75 Å². The summed E-state index contributed by atoms with van der Waals surface area (Å²) in [5.74, 6) is 0.198. The van der Waals surface area contributed by atoms with Crippen molar-refractivity contribution in [3.05, 3.63) is 53.6 Å². The van der Waals surface area contributed by atoms with Gasteiger partial charge >= 0.3 is 0 Å². The van der Waals surface area contributed by atoms with E-state index in [9.17, 15) is 9.59 Å². The minimum absolute atomic E-state index is 0.0559. The van der Waals surface area contributed by atoms with E-state index in [1.165, 1.54) is 26.2 Å². The topological polar surface area (TPSA) is 112 Å². The zero-order valence-electron chi connectivity index (χ0n) is 22.1. The molecule has 1 fully saturated rings. The second-order valence-corrected chi connectivity index (χ2v) is 10.3. The predicted octanol–water partition coefficient (Wildman–Crippen LogP) is 4.83. The van der Waals surface area contributed by atoms with E-state index in [1.54, 1.807) is 41.3 Å². The molecule has 37 heavy (non-hydrogen) atoms. The van der Waals surface area contributed by atoms with Gasteiger partial charge in [0, 0.05) is 42.4 Å². The van der Waals surface area contributed by atoms with Crippen molar-refractivity contribution in [2.75, 3.05) is 23.3 Å². The number of fused-ring (bicyclic) bond motifs is 1. The molecule has 0 bridgehead atoms. The summed E-state index contributed by atoms with van der Waals surface area (Å²) in [6.45, 7) is 7.76. The molecule has 2 aliphatic rings. The number of nitrogen functional groups attached to an aromatic ring is 1. The summed E-state index contributed by atoms with van der Waals surface area (Å²) in [4.78, 5) is 29.7. The minimum atomic E-state index is -0.825. The normalized spacial score (nSPS) is 21.8. The van der Waals surface area contributed by atoms with Crippen LogP contribution in [0, 0.1) is 5.41 Å². The van der Waals surface area contributed by atoms with Crippen LogP contribution in [0.3, 0.4) is 0 Å². The lowest BCUT2D eigenvalue weighted by molar-refractivity contribution is -0.126. The first-order valence-electron chi connectivity index (χ1n) is 13.3. The molecule has 0 saturated carbocycles. The van der Waals surface area contributed by atoms with Gasteiger partial charge < -0.3 is 20.7 Å². The van der Waals surface area contributed by atoms with Gasteiger partial charge in [-0.3, -0.25) is 19.9 Å². The van der Waals surface area contributed by atoms with E-state index in [4.69, 9.17) is 15.9 Å². The van der Waals surface area contributed by atoms with E-state index in [0.717, 1.165) is 25.8 Å². The molecule has 2 heterocycles. The number of rotatable bonds is 9. The van der Waals surface area contributed by atoms with Gasteiger partial charge in [-0.1, -0.05) is 31.0 Å². The number of nitrogens with two attached hydrogens (primary N) is 1. The summed E-state index contributed by atoms with van der Waals surface area (Å²) in [6.07, 6.45) is 6.01. The molecular formula is C29H39N5O3. The minimum Gasteiger partial charge on any atom is -0.474 e. The summed E-state index contributed by atoms with van der Waals surface area (Å²) in [6, 6.07) is 13.7. The Kier molecular flexibility index (Phi) is 8.48. The lowest BCUT2D eigenvalue weighted by Crippen LogP contribution is -2.44. The molecule has 3 atom stereocenters. The third kappa shape index (κ3) is 6.31. The first-order chi connectivity index (χ1) is 17.7. The summed E-state index contributed by atoms with van der Waals surface area (Å²) in [7, 11) is 0. The van der Waals surface area contributed by atoms with Gasteiger partial charge in [-0.05, 0) is 70.3 Å². The number of hydrogen-bond acceptors (Lipinski definition) is 5. The Labute approximate surface area is 219 Å². The number of ether oxygens (including phenoxy) is 1. The first kappa shape index (κ1) is 26.7. The van der Waals surface area contributed by atoms with Crippen molar-refractivity contribution in [3.8, 4) is 5.75 Å². The number of hydrogen-bond donors (Lipinski definition) is 3. The monoisotopic (exact) mass is 505 g/mol. The van der Waals surface area contributed by atoms with Crippen LogP contribution < -0.4 is 20.7 Å². The Morgan fingerprint density at radius 3 is 2.51 bits per heavy atom. The zero-order valence-corrected chi connectivity index (χ0v) is 22.1. The van der Waals surface area contributed by atoms with Crippen molar-refractivity contribution in [1.29, 1.82) is 5.41 Å². The number of amides is 2. The molecule has 2 aromatic rings. The lowest BCUT2D eigenvalue weighted by atomic mass is 9.97. The lowest BCUT2D eigenvalue weighted by Gasteiger charge is -2.39. The van der Waals surface area contributed by atoms with Gasteiger partial charge in [0.1, 0.15) is 11.6 Å². The highest BCUT2D eigenvalue weighted by atomic mass is 16.5. The molecule has 8 heteroatoms. The molecule has 2 aromatic carbocycles. The van der Waals surface area contributed by atoms with Crippen LogP contribution in [0.25, 0.3) is 0 Å². The predicted molar refractivity (Wildman–Crippen MR) is 147 cm³/mol. The maximum Gasteiger partial charge on any atom is 0.272 e. The fourth-order valence-electron chi connectivity index (χ4n) is 5.51. The standard InChI is InChI=1S/C29H39N5O3/c1-19-9-7-10-20(2)33(19)15-5-4-6-16-34-25-18-24(32-21(3)35)13-14-26(25)37-27(29(34)36)22-11-8-12-23(17-22)28(30)31/h8,11-14,17-20,27H,4-7,9-10,15-16H2,1-3H3,(H3,30,31)(H,32,35). The highest BCUT2D eigenvalue weighted by Gasteiger charge is 2.36. The fraction of sp³-hybridized carbons (Fsp3) is 0.483. The van der Waals surface area contributed by atoms with E-state index in [0.29, 0.717) is 46.9 Å². The molecule has 0 spiro atoms. The van der Waals surface area contributed by atoms with Gasteiger partial charge in [0.05, 0.1) is 5.69 Å². The van der Waals surface area contributed by atoms with Gasteiger partial charge in [-0.2, -0.15) is 0 Å². The van der Waals surface area contributed by atoms with Crippen LogP contribution in [0.15, 0.2) is 42.5 Å². The number of piperidine rings is 1. The zero-order chi connectivity index (χ0) is 26.5. The Balaban J connectivity index is 1.50. The van der Waals surface area contributed by atoms with Crippen LogP contribution in [-0.2, 0) is 9.59 Å². The van der Waals surface area contributed by atoms with Crippen LogP contribution in [0.2, 0.25) is 0 Å². The average Bonchev–Trinajstić information content (AvgIpc) is 2.86. The molecule has 4 rings (SSSR count). The Bertz CT molecular complexity index is 1140. The van der Waals surface area contributed by atoms with Crippen LogP contribution in [0.4, 0.5) is 11.4 Å². The fourth-order valence-corrected chi connectivity index (χ4v) is 5.51. The van der Waals surface area contributed by atoms with Crippen LogP contribution in [-0.4, -0.2) is 47.7 Å². The second-order valence-electron chi connectivity index (χ2n) is 10.3. The molecule has 2 amide bonds. The Morgan fingerprint density at radius 1 is 1.08 bits per heavy atom. The molecule has 4 N–H and O–H groups in total. The highest BCUT2D eigenvalue weighted by molar-refractivity contribution is 6.02. The first-order valence-corrected chi connectivity index (χ1v) is 13.3. The van der Waals surface area contributed by atoms with E-state index in [-0.39, 0.29) is 17.6 Å². The number of nitrogens with zero attached hydrogens (tertiary/aromatic N) is 2. The SMILES string of the molecule is CC(=O)Nc1ccc2c(c1)N(CCCCCN1C(C)CCCC1C)C(=O)C(c1cccc(C(=N)N)c1)O2. The summed E-state index contributed by atoms with van der Waals surface area (Å²) >= 11 is 0. The third-order valence-electron chi connectivity index (χ3n) is 7.48. The number of benzene rings is 2. The highest BCUT2D eigenvalue weighted by Crippen LogP contribution is 2.41. The summed E-state index contributed by atoms with van der Waals surface area (Å²) < 4.78 is 6.16. The molecule has 198 valence electrons. The number of unbranched alkanes of at least 4 members (excludes halogenated alkanes) is 2.